The molecule has 0 unspecified atom stereocenters. The molecule has 2 rings (SSSR count). The summed E-state index contributed by atoms with van der Waals surface area (Å²) in [6, 6.07) is -0.177. The Bertz CT molecular complexity index is 617. The highest BCUT2D eigenvalue weighted by molar-refractivity contribution is 8.03. The molecule has 0 aliphatic carbocycles. The van der Waals surface area contributed by atoms with Crippen molar-refractivity contribution >= 4 is 50.6 Å². The summed E-state index contributed by atoms with van der Waals surface area (Å²) < 4.78 is 24.8. The van der Waals surface area contributed by atoms with Gasteiger partial charge < -0.3 is 4.90 Å². The Morgan fingerprint density at radius 3 is 2.55 bits per heavy atom. The van der Waals surface area contributed by atoms with Gasteiger partial charge in [-0.25, -0.2) is 8.42 Å². The first-order chi connectivity index (χ1) is 10.4. The van der Waals surface area contributed by atoms with Crippen LogP contribution in [-0.4, -0.2) is 65.0 Å². The van der Waals surface area contributed by atoms with E-state index in [9.17, 15) is 13.2 Å². The van der Waals surface area contributed by atoms with Gasteiger partial charge in [0.05, 0.1) is 17.3 Å². The van der Waals surface area contributed by atoms with E-state index < -0.39 is 9.84 Å². The predicted octanol–water partition coefficient (Wildman–Crippen LogP) is 1.78. The minimum absolute atomic E-state index is 0.0329. The lowest BCUT2D eigenvalue weighted by Gasteiger charge is -2.26. The zero-order valence-corrected chi connectivity index (χ0v) is 15.8. The minimum atomic E-state index is -2.98. The number of thioether (sulfide) groups is 2. The van der Waals surface area contributed by atoms with Crippen LogP contribution in [0.4, 0.5) is 0 Å². The Hall–Kier alpha value is -0.320. The SMILES string of the molecule is CCSc1nnc(SCC(=O)N(CC)[C@@H]2CCS(=O)(=O)C2)s1. The first kappa shape index (κ1) is 18.0. The normalized spacial score (nSPS) is 20.2. The fraction of sp³-hybridized carbons (Fsp3) is 0.750. The Balaban J connectivity index is 1.89. The third-order valence-corrected chi connectivity index (χ3v) is 8.09. The van der Waals surface area contributed by atoms with E-state index in [1.54, 1.807) is 16.7 Å². The Morgan fingerprint density at radius 1 is 1.32 bits per heavy atom. The van der Waals surface area contributed by atoms with E-state index in [0.717, 1.165) is 14.4 Å². The average Bonchev–Trinajstić information content (AvgIpc) is 3.04. The number of rotatable bonds is 7. The lowest BCUT2D eigenvalue weighted by molar-refractivity contribution is -0.129. The standard InChI is InChI=1S/C12H19N3O3S4/c1-3-15(9-5-6-22(17,18)8-9)10(16)7-20-12-14-13-11(21-12)19-4-2/h9H,3-8H2,1-2H3/t9-/m1/s1. The van der Waals surface area contributed by atoms with E-state index in [1.165, 1.54) is 23.1 Å². The van der Waals surface area contributed by atoms with Gasteiger partial charge in [0.15, 0.2) is 18.5 Å². The third kappa shape index (κ3) is 4.84. The largest absolute Gasteiger partial charge is 0.338 e. The molecule has 1 atom stereocenters. The number of carbonyl (C=O) groups is 1. The average molecular weight is 382 g/mol. The van der Waals surface area contributed by atoms with E-state index in [2.05, 4.69) is 17.1 Å². The lowest BCUT2D eigenvalue weighted by atomic mass is 10.2. The molecule has 1 saturated heterocycles. The summed E-state index contributed by atoms with van der Waals surface area (Å²) in [6.45, 7) is 4.47. The molecule has 2 heterocycles. The molecule has 6 nitrogen and oxygen atoms in total. The number of carbonyl (C=O) groups excluding carboxylic acids is 1. The van der Waals surface area contributed by atoms with Gasteiger partial charge in [-0.3, -0.25) is 4.79 Å². The van der Waals surface area contributed by atoms with Crippen molar-refractivity contribution in [3.63, 3.8) is 0 Å². The molecule has 22 heavy (non-hydrogen) atoms. The first-order valence-electron chi connectivity index (χ1n) is 7.04. The fourth-order valence-electron chi connectivity index (χ4n) is 2.30. The van der Waals surface area contributed by atoms with Crippen LogP contribution >= 0.6 is 34.9 Å². The second-order valence-corrected chi connectivity index (χ2v) is 10.7. The van der Waals surface area contributed by atoms with Gasteiger partial charge in [-0.15, -0.1) is 10.2 Å². The molecule has 1 aromatic rings. The summed E-state index contributed by atoms with van der Waals surface area (Å²) in [5, 5.41) is 8.11. The highest BCUT2D eigenvalue weighted by Gasteiger charge is 2.33. The maximum Gasteiger partial charge on any atom is 0.233 e. The summed E-state index contributed by atoms with van der Waals surface area (Å²) in [5.41, 5.74) is 0. The molecule has 0 radical (unpaired) electrons. The highest BCUT2D eigenvalue weighted by atomic mass is 32.2. The number of aromatic nitrogens is 2. The molecule has 124 valence electrons. The summed E-state index contributed by atoms with van der Waals surface area (Å²) in [4.78, 5) is 14.0. The maximum atomic E-state index is 12.3. The molecule has 10 heteroatoms. The molecule has 1 aliphatic rings. The summed E-state index contributed by atoms with van der Waals surface area (Å²) in [5.74, 6) is 1.46. The van der Waals surface area contributed by atoms with Crippen LogP contribution < -0.4 is 0 Å². The number of amides is 1. The predicted molar refractivity (Wildman–Crippen MR) is 91.5 cm³/mol. The molecule has 0 bridgehead atoms. The van der Waals surface area contributed by atoms with Gasteiger partial charge in [0.25, 0.3) is 0 Å². The molecule has 0 N–H and O–H groups in total. The van der Waals surface area contributed by atoms with Crippen molar-refractivity contribution in [1.82, 2.24) is 15.1 Å². The first-order valence-corrected chi connectivity index (χ1v) is 11.6. The van der Waals surface area contributed by atoms with Crippen LogP contribution in [0.25, 0.3) is 0 Å². The van der Waals surface area contributed by atoms with Gasteiger partial charge in [-0.1, -0.05) is 41.8 Å². The zero-order valence-electron chi connectivity index (χ0n) is 12.5. The van der Waals surface area contributed by atoms with Crippen molar-refractivity contribution in [1.29, 1.82) is 0 Å². The van der Waals surface area contributed by atoms with E-state index in [0.29, 0.717) is 13.0 Å². The quantitative estimate of drug-likeness (QED) is 0.666. The Kier molecular flexibility index (Phi) is 6.54. The molecule has 1 aliphatic heterocycles. The van der Waals surface area contributed by atoms with Gasteiger partial charge in [-0.05, 0) is 19.1 Å². The van der Waals surface area contributed by atoms with Crippen molar-refractivity contribution in [3.8, 4) is 0 Å². The molecule has 1 aromatic heterocycles. The molecule has 0 spiro atoms. The van der Waals surface area contributed by atoms with Crippen LogP contribution in [0.5, 0.6) is 0 Å². The zero-order chi connectivity index (χ0) is 16.2. The summed E-state index contributed by atoms with van der Waals surface area (Å²) in [6.07, 6.45) is 0.544. The van der Waals surface area contributed by atoms with Crippen molar-refractivity contribution < 1.29 is 13.2 Å². The van der Waals surface area contributed by atoms with Crippen LogP contribution in [0.3, 0.4) is 0 Å². The number of nitrogens with zero attached hydrogens (tertiary/aromatic N) is 3. The van der Waals surface area contributed by atoms with Gasteiger partial charge in [-0.2, -0.15) is 0 Å². The van der Waals surface area contributed by atoms with Gasteiger partial charge in [0.1, 0.15) is 0 Å². The number of sulfone groups is 1. The second-order valence-electron chi connectivity index (χ2n) is 4.79. The second kappa shape index (κ2) is 7.98. The van der Waals surface area contributed by atoms with Crippen molar-refractivity contribution in [2.24, 2.45) is 0 Å². The van der Waals surface area contributed by atoms with Crippen LogP contribution in [-0.2, 0) is 14.6 Å². The van der Waals surface area contributed by atoms with Crippen LogP contribution in [0.15, 0.2) is 8.68 Å². The van der Waals surface area contributed by atoms with Crippen molar-refractivity contribution in [2.45, 2.75) is 35.0 Å². The van der Waals surface area contributed by atoms with Crippen molar-refractivity contribution in [2.75, 3.05) is 29.6 Å². The van der Waals surface area contributed by atoms with Crippen LogP contribution in [0, 0.1) is 0 Å². The molecule has 0 aromatic carbocycles. The topological polar surface area (TPSA) is 80.2 Å². The van der Waals surface area contributed by atoms with E-state index in [4.69, 9.17) is 0 Å². The lowest BCUT2D eigenvalue weighted by Crippen LogP contribution is -2.41. The molecule has 1 fully saturated rings. The molecular formula is C12H19N3O3S4. The molecule has 0 saturated carbocycles. The minimum Gasteiger partial charge on any atom is -0.338 e. The van der Waals surface area contributed by atoms with Gasteiger partial charge >= 0.3 is 0 Å². The highest BCUT2D eigenvalue weighted by Crippen LogP contribution is 2.29. The molecule has 1 amide bonds. The monoisotopic (exact) mass is 381 g/mol. The van der Waals surface area contributed by atoms with Crippen LogP contribution in [0.1, 0.15) is 20.3 Å². The van der Waals surface area contributed by atoms with E-state index in [-0.39, 0.29) is 29.2 Å². The maximum absolute atomic E-state index is 12.3. The van der Waals surface area contributed by atoms with E-state index >= 15 is 0 Å². The van der Waals surface area contributed by atoms with Crippen molar-refractivity contribution in [3.05, 3.63) is 0 Å². The molecular weight excluding hydrogens is 362 g/mol. The summed E-state index contributed by atoms with van der Waals surface area (Å²) in [7, 11) is -2.98. The fourth-order valence-corrected chi connectivity index (χ4v) is 6.84. The Labute approximate surface area is 143 Å². The summed E-state index contributed by atoms with van der Waals surface area (Å²) >= 11 is 4.49. The third-order valence-electron chi connectivity index (χ3n) is 3.29. The number of hydrogen-bond donors (Lipinski definition) is 0. The Morgan fingerprint density at radius 2 is 2.00 bits per heavy atom. The van der Waals surface area contributed by atoms with Crippen LogP contribution in [0.2, 0.25) is 0 Å². The smallest absolute Gasteiger partial charge is 0.233 e. The number of hydrogen-bond acceptors (Lipinski definition) is 8. The van der Waals surface area contributed by atoms with E-state index in [1.807, 2.05) is 6.92 Å². The van der Waals surface area contributed by atoms with Gasteiger partial charge in [0.2, 0.25) is 5.91 Å². The van der Waals surface area contributed by atoms with Gasteiger partial charge in [0, 0.05) is 12.6 Å².